The molecule has 0 atom stereocenters. The number of aromatic amines is 1. The number of benzene rings is 2. The first-order valence-corrected chi connectivity index (χ1v) is 12.4. The standard InChI is InChI=1S/C28H34FN3O3/c1-35-17-16-32(28(34)22-6-2-3-7-22)20-27(33)31(19-21-10-12-24(29)13-11-21)15-14-23-18-30-26-9-5-4-8-25(23)26/h4-5,8-13,18,22,30H,2-3,6-7,14-17,19-20H2,1H3. The summed E-state index contributed by atoms with van der Waals surface area (Å²) in [5.74, 6) is -0.377. The first kappa shape index (κ1) is 24.9. The van der Waals surface area contributed by atoms with E-state index in [1.54, 1.807) is 29.0 Å². The van der Waals surface area contributed by atoms with E-state index in [0.717, 1.165) is 47.7 Å². The van der Waals surface area contributed by atoms with Gasteiger partial charge in [-0.05, 0) is 48.6 Å². The minimum Gasteiger partial charge on any atom is -0.383 e. The highest BCUT2D eigenvalue weighted by Gasteiger charge is 2.29. The van der Waals surface area contributed by atoms with Crippen LogP contribution in [0.3, 0.4) is 0 Å². The maximum Gasteiger partial charge on any atom is 0.242 e. The number of halogens is 1. The minimum atomic E-state index is -0.307. The van der Waals surface area contributed by atoms with Crippen molar-refractivity contribution in [2.24, 2.45) is 5.92 Å². The van der Waals surface area contributed by atoms with Crippen LogP contribution in [0.5, 0.6) is 0 Å². The highest BCUT2D eigenvalue weighted by Crippen LogP contribution is 2.26. The van der Waals surface area contributed by atoms with Crippen LogP contribution in [0, 0.1) is 11.7 Å². The zero-order valence-electron chi connectivity index (χ0n) is 20.3. The monoisotopic (exact) mass is 479 g/mol. The molecule has 6 nitrogen and oxygen atoms in total. The lowest BCUT2D eigenvalue weighted by Crippen LogP contribution is -2.46. The number of hydrogen-bond donors (Lipinski definition) is 1. The third kappa shape index (κ3) is 6.48. The maximum absolute atomic E-state index is 13.5. The van der Waals surface area contributed by atoms with Crippen molar-refractivity contribution in [3.63, 3.8) is 0 Å². The second kappa shape index (κ2) is 12.0. The second-order valence-corrected chi connectivity index (χ2v) is 9.29. The number of aromatic nitrogens is 1. The fraction of sp³-hybridized carbons (Fsp3) is 0.429. The summed E-state index contributed by atoms with van der Waals surface area (Å²) in [4.78, 5) is 33.4. The predicted molar refractivity (Wildman–Crippen MR) is 134 cm³/mol. The lowest BCUT2D eigenvalue weighted by Gasteiger charge is -2.29. The molecule has 3 aromatic rings. The number of hydrogen-bond acceptors (Lipinski definition) is 3. The van der Waals surface area contributed by atoms with Crippen molar-refractivity contribution in [2.45, 2.75) is 38.6 Å². The van der Waals surface area contributed by atoms with Crippen LogP contribution < -0.4 is 0 Å². The lowest BCUT2D eigenvalue weighted by atomic mass is 10.1. The average molecular weight is 480 g/mol. The molecule has 35 heavy (non-hydrogen) atoms. The van der Waals surface area contributed by atoms with E-state index in [9.17, 15) is 14.0 Å². The smallest absolute Gasteiger partial charge is 0.242 e. The summed E-state index contributed by atoms with van der Waals surface area (Å²) in [6, 6.07) is 14.3. The number of nitrogens with one attached hydrogen (secondary N) is 1. The molecule has 1 N–H and O–H groups in total. The van der Waals surface area contributed by atoms with E-state index in [2.05, 4.69) is 11.1 Å². The van der Waals surface area contributed by atoms with E-state index >= 15 is 0 Å². The van der Waals surface area contributed by atoms with Crippen molar-refractivity contribution < 1.29 is 18.7 Å². The lowest BCUT2D eigenvalue weighted by molar-refractivity contribution is -0.143. The van der Waals surface area contributed by atoms with Crippen LogP contribution in [0.2, 0.25) is 0 Å². The molecule has 1 aromatic heterocycles. The van der Waals surface area contributed by atoms with Gasteiger partial charge in [-0.25, -0.2) is 4.39 Å². The minimum absolute atomic E-state index is 0.00331. The molecule has 0 saturated heterocycles. The predicted octanol–water partition coefficient (Wildman–Crippen LogP) is 4.54. The van der Waals surface area contributed by atoms with E-state index < -0.39 is 0 Å². The number of carbonyl (C=O) groups is 2. The number of ether oxygens (including phenoxy) is 1. The normalized spacial score (nSPS) is 13.9. The number of H-pyrrole nitrogens is 1. The Bertz CT molecular complexity index is 1120. The molecule has 0 aliphatic heterocycles. The molecule has 0 bridgehead atoms. The number of nitrogens with zero attached hydrogens (tertiary/aromatic N) is 2. The fourth-order valence-corrected chi connectivity index (χ4v) is 4.86. The maximum atomic E-state index is 13.5. The van der Waals surface area contributed by atoms with Gasteiger partial charge in [0.05, 0.1) is 13.2 Å². The first-order chi connectivity index (χ1) is 17.0. The molecule has 1 fully saturated rings. The van der Waals surface area contributed by atoms with E-state index in [-0.39, 0.29) is 30.1 Å². The number of amides is 2. The van der Waals surface area contributed by atoms with Crippen LogP contribution in [0.15, 0.2) is 54.7 Å². The van der Waals surface area contributed by atoms with E-state index in [1.165, 1.54) is 12.1 Å². The van der Waals surface area contributed by atoms with E-state index in [4.69, 9.17) is 4.74 Å². The molecule has 1 saturated carbocycles. The zero-order valence-corrected chi connectivity index (χ0v) is 20.3. The van der Waals surface area contributed by atoms with Crippen LogP contribution in [-0.4, -0.2) is 59.9 Å². The summed E-state index contributed by atoms with van der Waals surface area (Å²) < 4.78 is 18.7. The van der Waals surface area contributed by atoms with Crippen molar-refractivity contribution in [3.8, 4) is 0 Å². The largest absolute Gasteiger partial charge is 0.383 e. The fourth-order valence-electron chi connectivity index (χ4n) is 4.86. The zero-order chi connectivity index (χ0) is 24.6. The Balaban J connectivity index is 1.50. The molecular weight excluding hydrogens is 445 g/mol. The Morgan fingerprint density at radius 1 is 1.03 bits per heavy atom. The Morgan fingerprint density at radius 2 is 1.77 bits per heavy atom. The van der Waals surface area contributed by atoms with Gasteiger partial charge in [-0.3, -0.25) is 9.59 Å². The van der Waals surface area contributed by atoms with Crippen LogP contribution in [0.25, 0.3) is 10.9 Å². The molecule has 0 unspecified atom stereocenters. The third-order valence-electron chi connectivity index (χ3n) is 6.87. The van der Waals surface area contributed by atoms with E-state index in [0.29, 0.717) is 32.7 Å². The van der Waals surface area contributed by atoms with Crippen molar-refractivity contribution in [1.82, 2.24) is 14.8 Å². The van der Waals surface area contributed by atoms with Crippen LogP contribution in [0.4, 0.5) is 4.39 Å². The van der Waals surface area contributed by atoms with Gasteiger partial charge in [0.25, 0.3) is 0 Å². The highest BCUT2D eigenvalue weighted by molar-refractivity contribution is 5.86. The molecule has 2 aromatic carbocycles. The molecule has 0 spiro atoms. The van der Waals surface area contributed by atoms with Gasteiger partial charge in [-0.2, -0.15) is 0 Å². The highest BCUT2D eigenvalue weighted by atomic mass is 19.1. The summed E-state index contributed by atoms with van der Waals surface area (Å²) in [6.45, 7) is 1.65. The summed E-state index contributed by atoms with van der Waals surface area (Å²) in [7, 11) is 1.60. The Kier molecular flexibility index (Phi) is 8.53. The summed E-state index contributed by atoms with van der Waals surface area (Å²) in [6.07, 6.45) is 6.55. The number of carbonyl (C=O) groups excluding carboxylic acids is 2. The molecule has 2 amide bonds. The number of methoxy groups -OCH3 is 1. The third-order valence-corrected chi connectivity index (χ3v) is 6.87. The SMILES string of the molecule is COCCN(CC(=O)N(CCc1c[nH]c2ccccc12)Cc1ccc(F)cc1)C(=O)C1CCCC1. The molecule has 186 valence electrons. The van der Waals surface area contributed by atoms with Crippen molar-refractivity contribution in [3.05, 3.63) is 71.7 Å². The van der Waals surface area contributed by atoms with E-state index in [1.807, 2.05) is 24.4 Å². The second-order valence-electron chi connectivity index (χ2n) is 9.29. The molecular formula is C28H34FN3O3. The van der Waals surface area contributed by atoms with Gasteiger partial charge < -0.3 is 19.5 Å². The number of fused-ring (bicyclic) bond motifs is 1. The Hall–Kier alpha value is -3.19. The van der Waals surface area contributed by atoms with Crippen molar-refractivity contribution in [2.75, 3.05) is 33.4 Å². The van der Waals surface area contributed by atoms with Crippen LogP contribution in [0.1, 0.15) is 36.8 Å². The van der Waals surface area contributed by atoms with Crippen molar-refractivity contribution >= 4 is 22.7 Å². The Morgan fingerprint density at radius 3 is 2.51 bits per heavy atom. The molecule has 0 radical (unpaired) electrons. The molecule has 1 heterocycles. The summed E-state index contributed by atoms with van der Waals surface area (Å²) >= 11 is 0. The van der Waals surface area contributed by atoms with Crippen LogP contribution in [-0.2, 0) is 27.3 Å². The molecule has 1 aliphatic carbocycles. The van der Waals surface area contributed by atoms with Gasteiger partial charge >= 0.3 is 0 Å². The average Bonchev–Trinajstić information content (AvgIpc) is 3.55. The number of para-hydroxylation sites is 1. The molecule has 4 rings (SSSR count). The first-order valence-electron chi connectivity index (χ1n) is 12.4. The van der Waals surface area contributed by atoms with Crippen LogP contribution >= 0.6 is 0 Å². The van der Waals surface area contributed by atoms with Gasteiger partial charge in [0.2, 0.25) is 11.8 Å². The van der Waals surface area contributed by atoms with Gasteiger partial charge in [0.15, 0.2) is 0 Å². The quantitative estimate of drug-likeness (QED) is 0.439. The van der Waals surface area contributed by atoms with Crippen molar-refractivity contribution in [1.29, 1.82) is 0 Å². The van der Waals surface area contributed by atoms with Gasteiger partial charge in [-0.15, -0.1) is 0 Å². The number of rotatable bonds is 11. The van der Waals surface area contributed by atoms with Gasteiger partial charge in [0, 0.05) is 49.8 Å². The Labute approximate surface area is 206 Å². The summed E-state index contributed by atoms with van der Waals surface area (Å²) in [5, 5.41) is 1.14. The topological polar surface area (TPSA) is 65.6 Å². The van der Waals surface area contributed by atoms with Gasteiger partial charge in [-0.1, -0.05) is 43.2 Å². The summed E-state index contributed by atoms with van der Waals surface area (Å²) in [5.41, 5.74) is 3.05. The molecule has 1 aliphatic rings. The van der Waals surface area contributed by atoms with Gasteiger partial charge in [0.1, 0.15) is 5.82 Å². The molecule has 7 heteroatoms.